The van der Waals surface area contributed by atoms with Crippen LogP contribution in [-0.2, 0) is 0 Å². The molecule has 0 radical (unpaired) electrons. The van der Waals surface area contributed by atoms with Gasteiger partial charge in [0.05, 0.1) is 22.5 Å². The van der Waals surface area contributed by atoms with Gasteiger partial charge >= 0.3 is 0 Å². The summed E-state index contributed by atoms with van der Waals surface area (Å²) in [6.45, 7) is 1.96. The summed E-state index contributed by atoms with van der Waals surface area (Å²) in [5, 5.41) is 6.56. The van der Waals surface area contributed by atoms with E-state index < -0.39 is 0 Å². The lowest BCUT2D eigenvalue weighted by atomic mass is 10.1. The van der Waals surface area contributed by atoms with Crippen LogP contribution in [0.4, 0.5) is 0 Å². The molecule has 5 heteroatoms. The highest BCUT2D eigenvalue weighted by molar-refractivity contribution is 9.10. The number of methoxy groups -OCH3 is 1. The number of hydrogen-bond acceptors (Lipinski definition) is 3. The van der Waals surface area contributed by atoms with Gasteiger partial charge in [0.25, 0.3) is 5.56 Å². The van der Waals surface area contributed by atoms with Crippen molar-refractivity contribution in [3.8, 4) is 5.75 Å². The van der Waals surface area contributed by atoms with Crippen molar-refractivity contribution in [2.24, 2.45) is 0 Å². The fourth-order valence-electron chi connectivity index (χ4n) is 2.17. The molecule has 1 N–H and O–H groups in total. The van der Waals surface area contributed by atoms with Gasteiger partial charge in [0.1, 0.15) is 5.75 Å². The maximum Gasteiger partial charge on any atom is 0.257 e. The average Bonchev–Trinajstić information content (AvgIpc) is 2.83. The molecule has 3 aromatic rings. The number of thiophene rings is 1. The fraction of sp³-hybridized carbons (Fsp3) is 0.154. The molecular weight excluding hydrogens is 314 g/mol. The van der Waals surface area contributed by atoms with Crippen LogP contribution in [0.2, 0.25) is 0 Å². The molecule has 0 fully saturated rings. The van der Waals surface area contributed by atoms with E-state index in [-0.39, 0.29) is 5.56 Å². The van der Waals surface area contributed by atoms with Gasteiger partial charge in [-0.05, 0) is 39.9 Å². The summed E-state index contributed by atoms with van der Waals surface area (Å²) in [7, 11) is 1.64. The minimum absolute atomic E-state index is 0.0427. The topological polar surface area (TPSA) is 42.1 Å². The number of rotatable bonds is 1. The molecule has 0 aliphatic rings. The lowest BCUT2D eigenvalue weighted by Crippen LogP contribution is -2.06. The van der Waals surface area contributed by atoms with Gasteiger partial charge in [-0.2, -0.15) is 11.3 Å². The minimum atomic E-state index is -0.0427. The Morgan fingerprint density at radius 2 is 2.06 bits per heavy atom. The molecule has 92 valence electrons. The summed E-state index contributed by atoms with van der Waals surface area (Å²) in [6, 6.07) is 1.92. The number of benzene rings is 1. The second kappa shape index (κ2) is 4.10. The Morgan fingerprint density at radius 1 is 1.33 bits per heavy atom. The molecule has 0 atom stereocenters. The second-order valence-corrected chi connectivity index (χ2v) is 5.65. The molecule has 0 unspecified atom stereocenters. The van der Waals surface area contributed by atoms with Crippen LogP contribution >= 0.6 is 27.3 Å². The Morgan fingerprint density at radius 3 is 2.78 bits per heavy atom. The SMILES string of the molecule is COc1cc(C)c2[nH]c(=O)c3cscc3c2c1Br. The van der Waals surface area contributed by atoms with Gasteiger partial charge in [-0.3, -0.25) is 4.79 Å². The number of aromatic nitrogens is 1. The highest BCUT2D eigenvalue weighted by atomic mass is 79.9. The first-order valence-corrected chi connectivity index (χ1v) is 7.12. The zero-order valence-electron chi connectivity index (χ0n) is 9.83. The van der Waals surface area contributed by atoms with Gasteiger partial charge in [0, 0.05) is 16.2 Å². The monoisotopic (exact) mass is 323 g/mol. The molecule has 3 nitrogen and oxygen atoms in total. The van der Waals surface area contributed by atoms with E-state index in [9.17, 15) is 4.79 Å². The van der Waals surface area contributed by atoms with Crippen molar-refractivity contribution >= 4 is 48.9 Å². The summed E-state index contributed by atoms with van der Waals surface area (Å²) >= 11 is 5.09. The van der Waals surface area contributed by atoms with Crippen LogP contribution in [0.15, 0.2) is 26.1 Å². The Kier molecular flexibility index (Phi) is 2.68. The van der Waals surface area contributed by atoms with Crippen molar-refractivity contribution in [3.63, 3.8) is 0 Å². The predicted octanol–water partition coefficient (Wildman–Crippen LogP) is 3.82. The number of fused-ring (bicyclic) bond motifs is 3. The van der Waals surface area contributed by atoms with E-state index >= 15 is 0 Å². The van der Waals surface area contributed by atoms with Crippen molar-refractivity contribution < 1.29 is 4.74 Å². The minimum Gasteiger partial charge on any atom is -0.496 e. The van der Waals surface area contributed by atoms with E-state index in [0.717, 1.165) is 37.5 Å². The molecule has 0 aliphatic carbocycles. The lowest BCUT2D eigenvalue weighted by Gasteiger charge is -2.10. The summed E-state index contributed by atoms with van der Waals surface area (Å²) < 4.78 is 6.23. The molecule has 1 aromatic carbocycles. The van der Waals surface area contributed by atoms with E-state index in [1.54, 1.807) is 7.11 Å². The second-order valence-electron chi connectivity index (χ2n) is 4.11. The number of pyridine rings is 1. The summed E-state index contributed by atoms with van der Waals surface area (Å²) in [5.41, 5.74) is 1.81. The Hall–Kier alpha value is -1.33. The van der Waals surface area contributed by atoms with Gasteiger partial charge in [-0.1, -0.05) is 0 Å². The summed E-state index contributed by atoms with van der Waals surface area (Å²) in [4.78, 5) is 14.9. The van der Waals surface area contributed by atoms with Crippen LogP contribution in [0, 0.1) is 6.92 Å². The molecule has 2 aromatic heterocycles. The standard InChI is InChI=1S/C13H10BrNO2S/c1-6-3-9(17-2)11(14)10-7-4-18-5-8(7)13(16)15-12(6)10/h3-5H,1-2H3,(H,15,16). The van der Waals surface area contributed by atoms with E-state index in [4.69, 9.17) is 4.74 Å². The molecule has 0 amide bonds. The third-order valence-electron chi connectivity index (χ3n) is 3.06. The van der Waals surface area contributed by atoms with E-state index in [2.05, 4.69) is 20.9 Å². The number of ether oxygens (including phenoxy) is 1. The van der Waals surface area contributed by atoms with E-state index in [0.29, 0.717) is 0 Å². The first kappa shape index (κ1) is 11.7. The number of hydrogen-bond donors (Lipinski definition) is 1. The largest absolute Gasteiger partial charge is 0.496 e. The fourth-order valence-corrected chi connectivity index (χ4v) is 3.68. The molecule has 18 heavy (non-hydrogen) atoms. The summed E-state index contributed by atoms with van der Waals surface area (Å²) in [5.74, 6) is 0.777. The maximum absolute atomic E-state index is 12.0. The van der Waals surface area contributed by atoms with Gasteiger partial charge in [0.2, 0.25) is 0 Å². The Balaban J connectivity index is 2.66. The molecule has 0 spiro atoms. The Bertz CT molecular complexity index is 819. The number of H-pyrrole nitrogens is 1. The van der Waals surface area contributed by atoms with Crippen LogP contribution in [0.5, 0.6) is 5.75 Å². The zero-order valence-corrected chi connectivity index (χ0v) is 12.2. The number of halogens is 1. The van der Waals surface area contributed by atoms with Crippen molar-refractivity contribution in [2.75, 3.05) is 7.11 Å². The van der Waals surface area contributed by atoms with Gasteiger partial charge < -0.3 is 9.72 Å². The average molecular weight is 324 g/mol. The molecular formula is C13H10BrNO2S. The van der Waals surface area contributed by atoms with Gasteiger partial charge in [-0.25, -0.2) is 0 Å². The number of nitrogens with one attached hydrogen (secondary N) is 1. The number of aromatic amines is 1. The van der Waals surface area contributed by atoms with E-state index in [1.807, 2.05) is 23.8 Å². The van der Waals surface area contributed by atoms with Crippen molar-refractivity contribution in [1.29, 1.82) is 0 Å². The van der Waals surface area contributed by atoms with Crippen LogP contribution < -0.4 is 10.3 Å². The molecule has 0 saturated heterocycles. The molecule has 0 saturated carbocycles. The van der Waals surface area contributed by atoms with Crippen molar-refractivity contribution in [3.05, 3.63) is 37.2 Å². The maximum atomic E-state index is 12.0. The lowest BCUT2D eigenvalue weighted by molar-refractivity contribution is 0.412. The molecule has 0 aliphatic heterocycles. The van der Waals surface area contributed by atoms with Crippen molar-refractivity contribution in [2.45, 2.75) is 6.92 Å². The zero-order chi connectivity index (χ0) is 12.9. The first-order valence-electron chi connectivity index (χ1n) is 5.38. The van der Waals surface area contributed by atoms with Crippen LogP contribution in [-0.4, -0.2) is 12.1 Å². The third-order valence-corrected chi connectivity index (χ3v) is 4.59. The molecule has 0 bridgehead atoms. The third kappa shape index (κ3) is 1.51. The predicted molar refractivity (Wildman–Crippen MR) is 78.9 cm³/mol. The Labute approximate surface area is 116 Å². The van der Waals surface area contributed by atoms with Gasteiger partial charge in [0.15, 0.2) is 0 Å². The van der Waals surface area contributed by atoms with E-state index in [1.165, 1.54) is 11.3 Å². The van der Waals surface area contributed by atoms with Crippen LogP contribution in [0.25, 0.3) is 21.7 Å². The molecule has 2 heterocycles. The quantitative estimate of drug-likeness (QED) is 0.739. The van der Waals surface area contributed by atoms with Gasteiger partial charge in [-0.15, -0.1) is 0 Å². The molecule has 3 rings (SSSR count). The van der Waals surface area contributed by atoms with Crippen LogP contribution in [0.3, 0.4) is 0 Å². The number of aryl methyl sites for hydroxylation is 1. The van der Waals surface area contributed by atoms with Crippen molar-refractivity contribution in [1.82, 2.24) is 4.98 Å². The highest BCUT2D eigenvalue weighted by Crippen LogP contribution is 2.38. The van der Waals surface area contributed by atoms with Crippen LogP contribution in [0.1, 0.15) is 5.56 Å². The highest BCUT2D eigenvalue weighted by Gasteiger charge is 2.14. The normalized spacial score (nSPS) is 11.3. The first-order chi connectivity index (χ1) is 8.63. The summed E-state index contributed by atoms with van der Waals surface area (Å²) in [6.07, 6.45) is 0. The smallest absolute Gasteiger partial charge is 0.257 e.